The zero-order chi connectivity index (χ0) is 11.1. The van der Waals surface area contributed by atoms with E-state index >= 15 is 0 Å². The fraction of sp³-hybridized carbons (Fsp3) is 0.538. The Morgan fingerprint density at radius 3 is 2.33 bits per heavy atom. The molecule has 0 bridgehead atoms. The molecular weight excluding hydrogens is 184 g/mol. The molecule has 1 fully saturated rings. The van der Waals surface area contributed by atoms with E-state index in [2.05, 4.69) is 29.9 Å². The molecule has 0 aromatic heterocycles. The smallest absolute Gasteiger partial charge is 0.0228 e. The summed E-state index contributed by atoms with van der Waals surface area (Å²) < 4.78 is 0. The number of piperazine rings is 1. The van der Waals surface area contributed by atoms with Crippen LogP contribution in [0.5, 0.6) is 0 Å². The molecule has 1 saturated heterocycles. The molecule has 0 unspecified atom stereocenters. The number of nitrogens with zero attached hydrogens (tertiary/aromatic N) is 2. The second-order valence-corrected chi connectivity index (χ2v) is 3.96. The Morgan fingerprint density at radius 2 is 1.80 bits per heavy atom. The van der Waals surface area contributed by atoms with Crippen molar-refractivity contribution >= 4 is 0 Å². The van der Waals surface area contributed by atoms with Crippen LogP contribution in [0.1, 0.15) is 6.92 Å². The molecule has 0 saturated carbocycles. The number of likely N-dealkylation sites (N-methyl/N-ethyl adjacent to an activating group) is 1. The lowest BCUT2D eigenvalue weighted by Gasteiger charge is -2.34. The van der Waals surface area contributed by atoms with Gasteiger partial charge in [-0.15, -0.1) is 0 Å². The van der Waals surface area contributed by atoms with Crippen LogP contribution in [0.2, 0.25) is 0 Å². The predicted octanol–water partition coefficient (Wildman–Crippen LogP) is 1.92. The first-order chi connectivity index (χ1) is 7.26. The zero-order valence-corrected chi connectivity index (χ0v) is 9.78. The van der Waals surface area contributed by atoms with Gasteiger partial charge in [0.05, 0.1) is 0 Å². The number of hydrogen-bond donors (Lipinski definition) is 0. The van der Waals surface area contributed by atoms with E-state index in [-0.39, 0.29) is 0 Å². The van der Waals surface area contributed by atoms with E-state index in [0.29, 0.717) is 0 Å². The molecule has 1 rings (SSSR count). The second-order valence-electron chi connectivity index (χ2n) is 3.96. The molecule has 84 valence electrons. The summed E-state index contributed by atoms with van der Waals surface area (Å²) in [5, 5.41) is 0. The molecule has 1 heterocycles. The number of hydrogen-bond acceptors (Lipinski definition) is 2. The Morgan fingerprint density at radius 1 is 1.20 bits per heavy atom. The minimum atomic E-state index is 0.988. The van der Waals surface area contributed by atoms with Gasteiger partial charge in [0, 0.05) is 32.7 Å². The van der Waals surface area contributed by atoms with Crippen molar-refractivity contribution in [3.05, 3.63) is 37.0 Å². The minimum absolute atomic E-state index is 0.988. The topological polar surface area (TPSA) is 6.48 Å². The maximum Gasteiger partial charge on any atom is 0.0228 e. The van der Waals surface area contributed by atoms with Gasteiger partial charge in [-0.05, 0) is 12.1 Å². The SMILES string of the molecule is C=C/C=C\C(=C)CN1CCN(CC)CC1. The van der Waals surface area contributed by atoms with Crippen molar-refractivity contribution in [3.8, 4) is 0 Å². The molecule has 0 atom stereocenters. The Kier molecular flexibility index (Phi) is 5.37. The molecule has 0 amide bonds. The van der Waals surface area contributed by atoms with Gasteiger partial charge >= 0.3 is 0 Å². The van der Waals surface area contributed by atoms with Crippen molar-refractivity contribution in [2.24, 2.45) is 0 Å². The quantitative estimate of drug-likeness (QED) is 0.634. The lowest BCUT2D eigenvalue weighted by Crippen LogP contribution is -2.46. The Labute approximate surface area is 93.6 Å². The van der Waals surface area contributed by atoms with E-state index < -0.39 is 0 Å². The predicted molar refractivity (Wildman–Crippen MR) is 67.0 cm³/mol. The summed E-state index contributed by atoms with van der Waals surface area (Å²) in [5.74, 6) is 0. The van der Waals surface area contributed by atoms with Crippen molar-refractivity contribution in [3.63, 3.8) is 0 Å². The third-order valence-corrected chi connectivity index (χ3v) is 2.81. The van der Waals surface area contributed by atoms with Crippen LogP contribution in [-0.2, 0) is 0 Å². The van der Waals surface area contributed by atoms with Crippen LogP contribution >= 0.6 is 0 Å². The monoisotopic (exact) mass is 206 g/mol. The molecule has 15 heavy (non-hydrogen) atoms. The molecule has 0 N–H and O–H groups in total. The Balaban J connectivity index is 2.26. The van der Waals surface area contributed by atoms with E-state index in [1.54, 1.807) is 6.08 Å². The van der Waals surface area contributed by atoms with Crippen molar-refractivity contribution in [2.75, 3.05) is 39.3 Å². The first-order valence-corrected chi connectivity index (χ1v) is 5.68. The maximum absolute atomic E-state index is 4.04. The first-order valence-electron chi connectivity index (χ1n) is 5.68. The second kappa shape index (κ2) is 6.59. The fourth-order valence-corrected chi connectivity index (χ4v) is 1.81. The number of allylic oxidation sites excluding steroid dienone is 2. The van der Waals surface area contributed by atoms with Crippen molar-refractivity contribution in [2.45, 2.75) is 6.92 Å². The molecule has 2 nitrogen and oxygen atoms in total. The largest absolute Gasteiger partial charge is 0.301 e. The lowest BCUT2D eigenvalue weighted by atomic mass is 10.2. The van der Waals surface area contributed by atoms with Crippen LogP contribution in [0.4, 0.5) is 0 Å². The molecule has 0 aromatic rings. The molecule has 0 aromatic carbocycles. The average Bonchev–Trinajstić information content (AvgIpc) is 2.27. The van der Waals surface area contributed by atoms with Crippen LogP contribution < -0.4 is 0 Å². The van der Waals surface area contributed by atoms with E-state index in [4.69, 9.17) is 0 Å². The third kappa shape index (κ3) is 4.45. The van der Waals surface area contributed by atoms with Crippen molar-refractivity contribution in [1.29, 1.82) is 0 Å². The molecule has 2 heteroatoms. The van der Waals surface area contributed by atoms with Crippen LogP contribution in [0, 0.1) is 0 Å². The van der Waals surface area contributed by atoms with E-state index in [1.165, 1.54) is 25.2 Å². The fourth-order valence-electron chi connectivity index (χ4n) is 1.81. The van der Waals surface area contributed by atoms with Gasteiger partial charge in [0.1, 0.15) is 0 Å². The van der Waals surface area contributed by atoms with E-state index in [1.807, 2.05) is 12.2 Å². The van der Waals surface area contributed by atoms with Crippen molar-refractivity contribution < 1.29 is 0 Å². The highest BCUT2D eigenvalue weighted by molar-refractivity contribution is 5.19. The summed E-state index contributed by atoms with van der Waals surface area (Å²) >= 11 is 0. The van der Waals surface area contributed by atoms with Crippen LogP contribution in [-0.4, -0.2) is 49.1 Å². The molecule has 1 aliphatic heterocycles. The highest BCUT2D eigenvalue weighted by atomic mass is 15.3. The van der Waals surface area contributed by atoms with E-state index in [0.717, 1.165) is 19.6 Å². The van der Waals surface area contributed by atoms with Gasteiger partial charge in [-0.25, -0.2) is 0 Å². The standard InChI is InChI=1S/C13H22N2/c1-4-6-7-13(3)12-15-10-8-14(5-2)9-11-15/h4,6-7H,1,3,5,8-12H2,2H3/b7-6-. The van der Waals surface area contributed by atoms with Gasteiger partial charge in [0.15, 0.2) is 0 Å². The van der Waals surface area contributed by atoms with Gasteiger partial charge in [-0.2, -0.15) is 0 Å². The van der Waals surface area contributed by atoms with Crippen LogP contribution in [0.3, 0.4) is 0 Å². The van der Waals surface area contributed by atoms with Gasteiger partial charge in [-0.1, -0.05) is 38.3 Å². The average molecular weight is 206 g/mol. The Hall–Kier alpha value is -0.860. The normalized spacial score (nSPS) is 19.5. The Bertz CT molecular complexity index is 235. The van der Waals surface area contributed by atoms with Gasteiger partial charge in [0.2, 0.25) is 0 Å². The molecule has 1 aliphatic rings. The third-order valence-electron chi connectivity index (χ3n) is 2.81. The van der Waals surface area contributed by atoms with Gasteiger partial charge in [0.25, 0.3) is 0 Å². The summed E-state index contributed by atoms with van der Waals surface area (Å²) in [4.78, 5) is 4.95. The molecule has 0 spiro atoms. The summed E-state index contributed by atoms with van der Waals surface area (Å²) in [6.45, 7) is 16.8. The molecular formula is C13H22N2. The summed E-state index contributed by atoms with van der Waals surface area (Å²) in [5.41, 5.74) is 1.17. The maximum atomic E-state index is 4.04. The summed E-state index contributed by atoms with van der Waals surface area (Å²) in [6, 6.07) is 0. The number of rotatable bonds is 5. The summed E-state index contributed by atoms with van der Waals surface area (Å²) in [7, 11) is 0. The first kappa shape index (κ1) is 12.2. The summed E-state index contributed by atoms with van der Waals surface area (Å²) in [6.07, 6.45) is 5.78. The van der Waals surface area contributed by atoms with Crippen LogP contribution in [0.15, 0.2) is 37.0 Å². The van der Waals surface area contributed by atoms with Gasteiger partial charge < -0.3 is 4.90 Å². The van der Waals surface area contributed by atoms with Crippen molar-refractivity contribution in [1.82, 2.24) is 9.80 Å². The highest BCUT2D eigenvalue weighted by Gasteiger charge is 2.14. The van der Waals surface area contributed by atoms with Crippen LogP contribution in [0.25, 0.3) is 0 Å². The molecule has 0 radical (unpaired) electrons. The minimum Gasteiger partial charge on any atom is -0.301 e. The van der Waals surface area contributed by atoms with Gasteiger partial charge in [-0.3, -0.25) is 4.90 Å². The lowest BCUT2D eigenvalue weighted by molar-refractivity contribution is 0.146. The van der Waals surface area contributed by atoms with E-state index in [9.17, 15) is 0 Å². The molecule has 0 aliphatic carbocycles. The highest BCUT2D eigenvalue weighted by Crippen LogP contribution is 2.04. The zero-order valence-electron chi connectivity index (χ0n) is 9.78.